The lowest BCUT2D eigenvalue weighted by molar-refractivity contribution is -0.143. The van der Waals surface area contributed by atoms with Gasteiger partial charge in [-0.3, -0.25) is 0 Å². The Balaban J connectivity index is 2.16. The molecule has 0 radical (unpaired) electrons. The van der Waals surface area contributed by atoms with Crippen molar-refractivity contribution in [1.29, 1.82) is 0 Å². The summed E-state index contributed by atoms with van der Waals surface area (Å²) >= 11 is 10.8. The molecule has 1 heterocycles. The zero-order chi connectivity index (χ0) is 12.4. The van der Waals surface area contributed by atoms with E-state index in [9.17, 15) is 4.79 Å². The van der Waals surface area contributed by atoms with Crippen molar-refractivity contribution < 1.29 is 14.3 Å². The summed E-state index contributed by atoms with van der Waals surface area (Å²) in [6.45, 7) is 0.381. The molecule has 0 aromatic heterocycles. The second-order valence-electron chi connectivity index (χ2n) is 3.57. The molecule has 0 bridgehead atoms. The summed E-state index contributed by atoms with van der Waals surface area (Å²) in [6.07, 6.45) is -0.0464. The van der Waals surface area contributed by atoms with Crippen molar-refractivity contribution in [3.8, 4) is 5.75 Å². The Hall–Kier alpha value is -1.33. The van der Waals surface area contributed by atoms with E-state index < -0.39 is 6.10 Å². The molecular weight excluding hydrogens is 262 g/mol. The first-order valence-electron chi connectivity index (χ1n) is 5.00. The van der Waals surface area contributed by atoms with Gasteiger partial charge in [-0.15, -0.1) is 0 Å². The Bertz CT molecular complexity index is 478. The normalized spacial score (nSPS) is 18.9. The molecule has 0 aliphatic carbocycles. The fraction of sp³-hybridized carbons (Fsp3) is 0.273. The van der Waals surface area contributed by atoms with E-state index >= 15 is 0 Å². The molecule has 17 heavy (non-hydrogen) atoms. The highest BCUT2D eigenvalue weighted by Crippen LogP contribution is 2.28. The molecule has 0 saturated carbocycles. The summed E-state index contributed by atoms with van der Waals surface area (Å²) in [6, 6.07) is 4.95. The van der Waals surface area contributed by atoms with Gasteiger partial charge in [-0.1, -0.05) is 23.8 Å². The molecule has 4 nitrogen and oxygen atoms in total. The molecule has 0 amide bonds. The minimum Gasteiger partial charge on any atom is -0.477 e. The quantitative estimate of drug-likeness (QED) is 0.669. The lowest BCUT2D eigenvalue weighted by atomic mass is 10.2. The van der Waals surface area contributed by atoms with Crippen LogP contribution in [0.15, 0.2) is 18.2 Å². The zero-order valence-corrected chi connectivity index (χ0v) is 10.4. The zero-order valence-electron chi connectivity index (χ0n) is 8.81. The smallest absolute Gasteiger partial charge is 0.347 e. The van der Waals surface area contributed by atoms with Crippen molar-refractivity contribution in [1.82, 2.24) is 0 Å². The van der Waals surface area contributed by atoms with Gasteiger partial charge in [0.25, 0.3) is 0 Å². The van der Waals surface area contributed by atoms with Crippen LogP contribution in [0.5, 0.6) is 5.75 Å². The molecule has 1 unspecified atom stereocenters. The van der Waals surface area contributed by atoms with Gasteiger partial charge in [0.1, 0.15) is 10.7 Å². The molecule has 90 valence electrons. The molecule has 6 heteroatoms. The minimum atomic E-state index is -0.580. The lowest BCUT2D eigenvalue weighted by Crippen LogP contribution is -2.22. The van der Waals surface area contributed by atoms with E-state index in [2.05, 4.69) is 0 Å². The first-order chi connectivity index (χ1) is 8.08. The van der Waals surface area contributed by atoms with Crippen LogP contribution in [0.3, 0.4) is 0 Å². The summed E-state index contributed by atoms with van der Waals surface area (Å²) in [5.41, 5.74) is 6.13. The second kappa shape index (κ2) is 4.89. The summed E-state index contributed by atoms with van der Waals surface area (Å²) in [5.74, 6) is 0.0648. The lowest BCUT2D eigenvalue weighted by Gasteiger charge is -2.12. The van der Waals surface area contributed by atoms with Crippen molar-refractivity contribution in [2.24, 2.45) is 5.73 Å². The van der Waals surface area contributed by atoms with Crippen molar-refractivity contribution >= 4 is 34.8 Å². The average Bonchev–Trinajstić information content (AvgIpc) is 2.67. The second-order valence-corrected chi connectivity index (χ2v) is 4.42. The predicted octanol–water partition coefficient (Wildman–Crippen LogP) is 1.67. The largest absolute Gasteiger partial charge is 0.477 e. The summed E-state index contributed by atoms with van der Waals surface area (Å²) in [4.78, 5) is 11.5. The van der Waals surface area contributed by atoms with E-state index in [-0.39, 0.29) is 11.0 Å². The van der Waals surface area contributed by atoms with Gasteiger partial charge in [0.2, 0.25) is 0 Å². The molecule has 1 saturated heterocycles. The van der Waals surface area contributed by atoms with Crippen molar-refractivity contribution in [2.45, 2.75) is 12.5 Å². The summed E-state index contributed by atoms with van der Waals surface area (Å²) < 4.78 is 10.3. The number of rotatable bonds is 3. The molecule has 1 aromatic rings. The number of thiocarbonyl (C=S) groups is 1. The summed E-state index contributed by atoms with van der Waals surface area (Å²) in [5, 5.41) is 0.370. The molecule has 1 fully saturated rings. The highest BCUT2D eigenvalue weighted by molar-refractivity contribution is 7.80. The van der Waals surface area contributed by atoms with Crippen LogP contribution in [0.4, 0.5) is 0 Å². The average molecular weight is 272 g/mol. The van der Waals surface area contributed by atoms with Crippen molar-refractivity contribution in [3.05, 3.63) is 28.8 Å². The number of carbonyl (C=O) groups excluding carboxylic acids is 1. The van der Waals surface area contributed by atoms with Crippen LogP contribution in [0.2, 0.25) is 5.02 Å². The summed E-state index contributed by atoms with van der Waals surface area (Å²) in [7, 11) is 0. The maximum atomic E-state index is 11.2. The fourth-order valence-electron chi connectivity index (χ4n) is 1.49. The number of hydrogen-bond donors (Lipinski definition) is 1. The molecule has 1 aliphatic heterocycles. The number of ether oxygens (including phenoxy) is 2. The van der Waals surface area contributed by atoms with E-state index in [1.807, 2.05) is 0 Å². The van der Waals surface area contributed by atoms with E-state index in [4.69, 9.17) is 39.0 Å². The van der Waals surface area contributed by atoms with Crippen molar-refractivity contribution in [3.63, 3.8) is 0 Å². The van der Waals surface area contributed by atoms with Crippen LogP contribution in [-0.4, -0.2) is 23.7 Å². The number of carbonyl (C=O) groups is 1. The standard InChI is InChI=1S/C11H10ClNO3S/c12-7-5-6(10(13)17)1-2-8(7)16-9-3-4-15-11(9)14/h1-2,5,9H,3-4H2,(H2,13,17). The first-order valence-corrected chi connectivity index (χ1v) is 5.79. The van der Waals surface area contributed by atoms with Crippen LogP contribution in [0.25, 0.3) is 0 Å². The number of esters is 1. The Morgan fingerprint density at radius 3 is 2.88 bits per heavy atom. The molecule has 1 aliphatic rings. The van der Waals surface area contributed by atoms with Gasteiger partial charge in [-0.05, 0) is 18.2 Å². The van der Waals surface area contributed by atoms with Crippen molar-refractivity contribution in [2.75, 3.05) is 6.61 Å². The Morgan fingerprint density at radius 1 is 1.59 bits per heavy atom. The molecule has 0 spiro atoms. The third-order valence-electron chi connectivity index (χ3n) is 2.37. The van der Waals surface area contributed by atoms with Crippen LogP contribution in [-0.2, 0) is 9.53 Å². The number of benzene rings is 1. The molecule has 1 atom stereocenters. The van der Waals surface area contributed by atoms with Gasteiger partial charge in [0.15, 0.2) is 6.10 Å². The Labute approximate surface area is 109 Å². The van der Waals surface area contributed by atoms with Gasteiger partial charge in [0.05, 0.1) is 11.6 Å². The maximum Gasteiger partial charge on any atom is 0.347 e. The monoisotopic (exact) mass is 271 g/mol. The number of halogens is 1. The molecule has 2 N–H and O–H groups in total. The Morgan fingerprint density at radius 2 is 2.35 bits per heavy atom. The minimum absolute atomic E-state index is 0.263. The van der Waals surface area contributed by atoms with E-state index in [0.717, 1.165) is 0 Å². The van der Waals surface area contributed by atoms with Gasteiger partial charge in [-0.2, -0.15) is 0 Å². The maximum absolute atomic E-state index is 11.2. The topological polar surface area (TPSA) is 61.6 Å². The number of nitrogens with two attached hydrogens (primary N) is 1. The number of cyclic esters (lactones) is 1. The third-order valence-corrected chi connectivity index (χ3v) is 2.90. The SMILES string of the molecule is NC(=S)c1ccc(OC2CCOC2=O)c(Cl)c1. The molecular formula is C11H10ClNO3S. The molecule has 2 rings (SSSR count). The fourth-order valence-corrected chi connectivity index (χ4v) is 1.84. The van der Waals surface area contributed by atoms with E-state index in [1.165, 1.54) is 0 Å². The van der Waals surface area contributed by atoms with Gasteiger partial charge in [-0.25, -0.2) is 4.79 Å². The van der Waals surface area contributed by atoms with Gasteiger partial charge >= 0.3 is 5.97 Å². The van der Waals surface area contributed by atoms with E-state index in [1.54, 1.807) is 18.2 Å². The van der Waals surface area contributed by atoms with Crippen LogP contribution in [0, 0.1) is 0 Å². The third kappa shape index (κ3) is 2.68. The van der Waals surface area contributed by atoms with Crippen LogP contribution in [0.1, 0.15) is 12.0 Å². The van der Waals surface area contributed by atoms with E-state index in [0.29, 0.717) is 29.4 Å². The molecule has 1 aromatic carbocycles. The highest BCUT2D eigenvalue weighted by Gasteiger charge is 2.28. The van der Waals surface area contributed by atoms with Crippen LogP contribution < -0.4 is 10.5 Å². The predicted molar refractivity (Wildman–Crippen MR) is 67.3 cm³/mol. The Kier molecular flexibility index (Phi) is 3.49. The number of hydrogen-bond acceptors (Lipinski definition) is 4. The van der Waals surface area contributed by atoms with Crippen LogP contribution >= 0.6 is 23.8 Å². The highest BCUT2D eigenvalue weighted by atomic mass is 35.5. The van der Waals surface area contributed by atoms with Gasteiger partial charge in [0, 0.05) is 12.0 Å². The first kappa shape index (κ1) is 12.1. The van der Waals surface area contributed by atoms with Gasteiger partial charge < -0.3 is 15.2 Å².